The SMILES string of the molecule is CCOc1ccc(C(=O)N(Cc2ccco2)c2nc3cc(C)c(C)cc3s2)cc1. The first-order valence-electron chi connectivity index (χ1n) is 9.50. The van der Waals surface area contributed by atoms with Crippen molar-refractivity contribution in [3.05, 3.63) is 77.2 Å². The largest absolute Gasteiger partial charge is 0.494 e. The Labute approximate surface area is 173 Å². The third-order valence-corrected chi connectivity index (χ3v) is 5.82. The number of rotatable bonds is 6. The molecule has 2 heterocycles. The van der Waals surface area contributed by atoms with E-state index in [2.05, 4.69) is 26.0 Å². The number of nitrogens with zero attached hydrogens (tertiary/aromatic N) is 2. The highest BCUT2D eigenvalue weighted by Gasteiger charge is 2.23. The van der Waals surface area contributed by atoms with Crippen LogP contribution in [0.5, 0.6) is 5.75 Å². The van der Waals surface area contributed by atoms with Gasteiger partial charge in [-0.3, -0.25) is 9.69 Å². The lowest BCUT2D eigenvalue weighted by molar-refractivity contribution is 0.0983. The van der Waals surface area contributed by atoms with E-state index in [-0.39, 0.29) is 5.91 Å². The monoisotopic (exact) mass is 406 g/mol. The van der Waals surface area contributed by atoms with Crippen LogP contribution >= 0.6 is 11.3 Å². The lowest BCUT2D eigenvalue weighted by Crippen LogP contribution is -2.30. The highest BCUT2D eigenvalue weighted by atomic mass is 32.1. The first-order chi connectivity index (χ1) is 14.0. The van der Waals surface area contributed by atoms with Gasteiger partial charge in [0.1, 0.15) is 11.5 Å². The number of hydrogen-bond acceptors (Lipinski definition) is 5. The van der Waals surface area contributed by atoms with Gasteiger partial charge in [0.25, 0.3) is 5.91 Å². The van der Waals surface area contributed by atoms with Crippen molar-refractivity contribution in [1.29, 1.82) is 0 Å². The van der Waals surface area contributed by atoms with Gasteiger partial charge in [0.2, 0.25) is 0 Å². The van der Waals surface area contributed by atoms with Crippen molar-refractivity contribution in [2.75, 3.05) is 11.5 Å². The van der Waals surface area contributed by atoms with E-state index in [0.717, 1.165) is 16.0 Å². The minimum absolute atomic E-state index is 0.128. The summed E-state index contributed by atoms with van der Waals surface area (Å²) >= 11 is 1.51. The number of hydrogen-bond donors (Lipinski definition) is 0. The molecule has 0 saturated heterocycles. The Morgan fingerprint density at radius 3 is 2.59 bits per heavy atom. The molecule has 0 bridgehead atoms. The van der Waals surface area contributed by atoms with Gasteiger partial charge in [-0.05, 0) is 80.4 Å². The van der Waals surface area contributed by atoms with E-state index in [4.69, 9.17) is 14.1 Å². The smallest absolute Gasteiger partial charge is 0.260 e. The van der Waals surface area contributed by atoms with Gasteiger partial charge < -0.3 is 9.15 Å². The van der Waals surface area contributed by atoms with Crippen LogP contribution in [0, 0.1) is 13.8 Å². The zero-order chi connectivity index (χ0) is 20.4. The molecule has 0 aliphatic carbocycles. The fraction of sp³-hybridized carbons (Fsp3) is 0.217. The van der Waals surface area contributed by atoms with Crippen molar-refractivity contribution in [1.82, 2.24) is 4.98 Å². The van der Waals surface area contributed by atoms with E-state index in [1.165, 1.54) is 22.5 Å². The normalized spacial score (nSPS) is 11.0. The molecule has 0 atom stereocenters. The predicted octanol–water partition coefficient (Wildman–Crippen LogP) is 5.75. The van der Waals surface area contributed by atoms with Crippen LogP contribution in [0.1, 0.15) is 34.2 Å². The van der Waals surface area contributed by atoms with Crippen LogP contribution in [0.2, 0.25) is 0 Å². The van der Waals surface area contributed by atoms with Crippen LogP contribution in [-0.4, -0.2) is 17.5 Å². The molecule has 0 spiro atoms. The van der Waals surface area contributed by atoms with E-state index < -0.39 is 0 Å². The molecule has 1 amide bonds. The summed E-state index contributed by atoms with van der Waals surface area (Å²) in [4.78, 5) is 19.8. The molecular weight excluding hydrogens is 384 g/mol. The van der Waals surface area contributed by atoms with E-state index in [0.29, 0.717) is 29.6 Å². The van der Waals surface area contributed by atoms with Crippen LogP contribution in [-0.2, 0) is 6.54 Å². The van der Waals surface area contributed by atoms with Crippen LogP contribution in [0.15, 0.2) is 59.2 Å². The summed E-state index contributed by atoms with van der Waals surface area (Å²) in [6.45, 7) is 6.99. The third-order valence-electron chi connectivity index (χ3n) is 4.78. The molecule has 148 valence electrons. The van der Waals surface area contributed by atoms with Gasteiger partial charge in [-0.2, -0.15) is 0 Å². The maximum Gasteiger partial charge on any atom is 0.260 e. The molecule has 0 aliphatic rings. The molecule has 0 N–H and O–H groups in total. The average Bonchev–Trinajstić information content (AvgIpc) is 3.36. The van der Waals surface area contributed by atoms with Crippen molar-refractivity contribution < 1.29 is 13.9 Å². The number of ether oxygens (including phenoxy) is 1. The maximum absolute atomic E-state index is 13.4. The fourth-order valence-corrected chi connectivity index (χ4v) is 4.13. The number of aryl methyl sites for hydroxylation is 2. The quantitative estimate of drug-likeness (QED) is 0.409. The molecule has 2 aromatic carbocycles. The molecule has 0 saturated carbocycles. The van der Waals surface area contributed by atoms with Crippen LogP contribution in [0.3, 0.4) is 0 Å². The highest BCUT2D eigenvalue weighted by molar-refractivity contribution is 7.22. The maximum atomic E-state index is 13.4. The lowest BCUT2D eigenvalue weighted by Gasteiger charge is -2.19. The highest BCUT2D eigenvalue weighted by Crippen LogP contribution is 2.32. The number of anilines is 1. The summed E-state index contributed by atoms with van der Waals surface area (Å²) in [6, 6.07) is 15.1. The number of carbonyl (C=O) groups excluding carboxylic acids is 1. The molecule has 29 heavy (non-hydrogen) atoms. The topological polar surface area (TPSA) is 55.6 Å². The van der Waals surface area contributed by atoms with Gasteiger partial charge >= 0.3 is 0 Å². The summed E-state index contributed by atoms with van der Waals surface area (Å²) in [5, 5.41) is 0.653. The van der Waals surface area contributed by atoms with Gasteiger partial charge in [0.15, 0.2) is 5.13 Å². The Balaban J connectivity index is 1.72. The van der Waals surface area contributed by atoms with Crippen molar-refractivity contribution in [2.45, 2.75) is 27.3 Å². The Morgan fingerprint density at radius 2 is 1.90 bits per heavy atom. The second-order valence-corrected chi connectivity index (χ2v) is 7.84. The summed E-state index contributed by atoms with van der Waals surface area (Å²) < 4.78 is 12.0. The Kier molecular flexibility index (Phi) is 5.36. The number of furan rings is 1. The second kappa shape index (κ2) is 8.09. The molecule has 0 radical (unpaired) electrons. The molecule has 2 aromatic heterocycles. The first kappa shape index (κ1) is 19.2. The number of benzene rings is 2. The zero-order valence-electron chi connectivity index (χ0n) is 16.6. The van der Waals surface area contributed by atoms with Crippen molar-refractivity contribution in [3.8, 4) is 5.75 Å². The second-order valence-electron chi connectivity index (χ2n) is 6.83. The molecule has 6 heteroatoms. The standard InChI is InChI=1S/C23H22N2O3S/c1-4-27-18-9-7-17(8-10-18)22(26)25(14-19-6-5-11-28-19)23-24-20-12-15(2)16(3)13-21(20)29-23/h5-13H,4,14H2,1-3H3. The van der Waals surface area contributed by atoms with E-state index in [9.17, 15) is 4.79 Å². The lowest BCUT2D eigenvalue weighted by atomic mass is 10.1. The van der Waals surface area contributed by atoms with Gasteiger partial charge in [0.05, 0.1) is 29.6 Å². The van der Waals surface area contributed by atoms with Gasteiger partial charge in [0, 0.05) is 5.56 Å². The molecular formula is C23H22N2O3S. The number of amides is 1. The molecule has 5 nitrogen and oxygen atoms in total. The molecule has 0 aliphatic heterocycles. The summed E-state index contributed by atoms with van der Waals surface area (Å²) in [6.07, 6.45) is 1.61. The van der Waals surface area contributed by atoms with Gasteiger partial charge in [-0.25, -0.2) is 4.98 Å². The number of carbonyl (C=O) groups is 1. The van der Waals surface area contributed by atoms with E-state index >= 15 is 0 Å². The summed E-state index contributed by atoms with van der Waals surface area (Å²) in [5.41, 5.74) is 3.87. The Hall–Kier alpha value is -3.12. The number of fused-ring (bicyclic) bond motifs is 1. The minimum atomic E-state index is -0.128. The number of aromatic nitrogens is 1. The Bertz CT molecular complexity index is 1090. The predicted molar refractivity (Wildman–Crippen MR) is 116 cm³/mol. The van der Waals surface area contributed by atoms with Crippen molar-refractivity contribution >= 4 is 32.6 Å². The van der Waals surface area contributed by atoms with Gasteiger partial charge in [-0.15, -0.1) is 0 Å². The molecule has 0 unspecified atom stereocenters. The average molecular weight is 407 g/mol. The molecule has 0 fully saturated rings. The van der Waals surface area contributed by atoms with Crippen molar-refractivity contribution in [3.63, 3.8) is 0 Å². The Morgan fingerprint density at radius 1 is 1.14 bits per heavy atom. The van der Waals surface area contributed by atoms with Crippen LogP contribution in [0.4, 0.5) is 5.13 Å². The molecule has 4 rings (SSSR count). The zero-order valence-corrected chi connectivity index (χ0v) is 17.5. The van der Waals surface area contributed by atoms with Crippen molar-refractivity contribution in [2.24, 2.45) is 0 Å². The number of thiazole rings is 1. The van der Waals surface area contributed by atoms with Crippen LogP contribution < -0.4 is 9.64 Å². The summed E-state index contributed by atoms with van der Waals surface area (Å²) in [5.74, 6) is 1.32. The van der Waals surface area contributed by atoms with Crippen LogP contribution in [0.25, 0.3) is 10.2 Å². The van der Waals surface area contributed by atoms with E-state index in [1.54, 1.807) is 23.3 Å². The van der Waals surface area contributed by atoms with E-state index in [1.807, 2.05) is 31.2 Å². The summed E-state index contributed by atoms with van der Waals surface area (Å²) in [7, 11) is 0. The first-order valence-corrected chi connectivity index (χ1v) is 10.3. The third kappa shape index (κ3) is 4.03. The van der Waals surface area contributed by atoms with Gasteiger partial charge in [-0.1, -0.05) is 11.3 Å². The molecule has 4 aromatic rings. The fourth-order valence-electron chi connectivity index (χ4n) is 3.08. The minimum Gasteiger partial charge on any atom is -0.494 e.